The van der Waals surface area contributed by atoms with Crippen molar-refractivity contribution in [3.05, 3.63) is 59.9 Å². The maximum atomic E-state index is 13.0. The van der Waals surface area contributed by atoms with Crippen molar-refractivity contribution in [1.82, 2.24) is 15.2 Å². The fourth-order valence-corrected chi connectivity index (χ4v) is 3.95. The Hall–Kier alpha value is -3.22. The molecule has 0 saturated carbocycles. The van der Waals surface area contributed by atoms with Crippen LogP contribution in [0.5, 0.6) is 0 Å². The van der Waals surface area contributed by atoms with Crippen LogP contribution in [0.3, 0.4) is 0 Å². The van der Waals surface area contributed by atoms with E-state index in [0.717, 1.165) is 5.56 Å². The van der Waals surface area contributed by atoms with Crippen molar-refractivity contribution in [2.45, 2.75) is 44.7 Å². The summed E-state index contributed by atoms with van der Waals surface area (Å²) in [5.74, 6) is -0.0379. The van der Waals surface area contributed by atoms with Crippen LogP contribution in [-0.2, 0) is 4.79 Å². The first-order valence-corrected chi connectivity index (χ1v) is 9.91. The number of hydrogen-bond donors (Lipinski definition) is 1. The number of urea groups is 1. The van der Waals surface area contributed by atoms with Gasteiger partial charge in [-0.15, -0.1) is 0 Å². The number of nitrogens with one attached hydrogen (secondary N) is 1. The Morgan fingerprint density at radius 2 is 1.79 bits per heavy atom. The number of amides is 4. The lowest BCUT2D eigenvalue weighted by molar-refractivity contribution is -0.120. The number of rotatable bonds is 4. The molecule has 150 valence electrons. The second kappa shape index (κ2) is 7.66. The van der Waals surface area contributed by atoms with Crippen LogP contribution >= 0.6 is 0 Å². The lowest BCUT2D eigenvalue weighted by atomic mass is 9.97. The molecule has 3 heterocycles. The monoisotopic (exact) mass is 392 g/mol. The summed E-state index contributed by atoms with van der Waals surface area (Å²) < 4.78 is 0. The minimum absolute atomic E-state index is 0.156. The molecule has 7 nitrogen and oxygen atoms in total. The number of pyridine rings is 1. The molecule has 0 radical (unpaired) electrons. The second-order valence-electron chi connectivity index (χ2n) is 7.84. The van der Waals surface area contributed by atoms with Crippen molar-refractivity contribution in [2.24, 2.45) is 0 Å². The van der Waals surface area contributed by atoms with Crippen molar-refractivity contribution >= 4 is 23.5 Å². The molecule has 1 aromatic carbocycles. The SMILES string of the molecule is CC(C)c1ccc(N2C(=O)C3CC(NC(=O)c4ccncc4)CCN3C2=O)cc1. The van der Waals surface area contributed by atoms with E-state index in [9.17, 15) is 14.4 Å². The van der Waals surface area contributed by atoms with Gasteiger partial charge in [0.2, 0.25) is 0 Å². The zero-order valence-electron chi connectivity index (χ0n) is 16.5. The van der Waals surface area contributed by atoms with E-state index in [2.05, 4.69) is 24.1 Å². The second-order valence-corrected chi connectivity index (χ2v) is 7.84. The molecular weight excluding hydrogens is 368 g/mol. The molecule has 2 unspecified atom stereocenters. The van der Waals surface area contributed by atoms with Gasteiger partial charge >= 0.3 is 6.03 Å². The third-order valence-corrected chi connectivity index (χ3v) is 5.64. The van der Waals surface area contributed by atoms with E-state index in [1.54, 1.807) is 29.4 Å². The van der Waals surface area contributed by atoms with Gasteiger partial charge in [-0.1, -0.05) is 26.0 Å². The third-order valence-electron chi connectivity index (χ3n) is 5.64. The van der Waals surface area contributed by atoms with E-state index in [1.807, 2.05) is 24.3 Å². The average molecular weight is 392 g/mol. The number of fused-ring (bicyclic) bond motifs is 1. The zero-order chi connectivity index (χ0) is 20.5. The van der Waals surface area contributed by atoms with Crippen LogP contribution in [0, 0.1) is 0 Å². The van der Waals surface area contributed by atoms with Crippen LogP contribution in [-0.4, -0.2) is 46.4 Å². The number of carbonyl (C=O) groups is 3. The van der Waals surface area contributed by atoms with Gasteiger partial charge in [0.15, 0.2) is 0 Å². The maximum absolute atomic E-state index is 13.0. The minimum Gasteiger partial charge on any atom is -0.349 e. The number of aromatic nitrogens is 1. The highest BCUT2D eigenvalue weighted by Gasteiger charge is 2.48. The topological polar surface area (TPSA) is 82.6 Å². The van der Waals surface area contributed by atoms with Crippen molar-refractivity contribution < 1.29 is 14.4 Å². The molecule has 2 saturated heterocycles. The quantitative estimate of drug-likeness (QED) is 0.811. The largest absolute Gasteiger partial charge is 0.349 e. The normalized spacial score (nSPS) is 21.5. The van der Waals surface area contributed by atoms with Gasteiger partial charge in [-0.3, -0.25) is 14.6 Å². The van der Waals surface area contributed by atoms with E-state index >= 15 is 0 Å². The number of hydrogen-bond acceptors (Lipinski definition) is 4. The number of piperidine rings is 1. The van der Waals surface area contributed by atoms with Crippen LogP contribution in [0.2, 0.25) is 0 Å². The molecule has 2 aromatic rings. The van der Waals surface area contributed by atoms with Gasteiger partial charge in [0.1, 0.15) is 6.04 Å². The Kier molecular flexibility index (Phi) is 5.05. The Bertz CT molecular complexity index is 927. The predicted molar refractivity (Wildman–Crippen MR) is 109 cm³/mol. The van der Waals surface area contributed by atoms with Gasteiger partial charge in [0.05, 0.1) is 5.69 Å². The highest BCUT2D eigenvalue weighted by atomic mass is 16.2. The number of imide groups is 1. The molecule has 7 heteroatoms. The Labute approximate surface area is 169 Å². The summed E-state index contributed by atoms with van der Waals surface area (Å²) in [7, 11) is 0. The van der Waals surface area contributed by atoms with Crippen LogP contribution in [0.15, 0.2) is 48.8 Å². The first-order valence-electron chi connectivity index (χ1n) is 9.91. The van der Waals surface area contributed by atoms with E-state index < -0.39 is 6.04 Å². The van der Waals surface area contributed by atoms with Gasteiger partial charge in [-0.25, -0.2) is 9.69 Å². The highest BCUT2D eigenvalue weighted by Crippen LogP contribution is 2.31. The van der Waals surface area contributed by atoms with Gasteiger partial charge in [-0.05, 0) is 48.6 Å². The fraction of sp³-hybridized carbons (Fsp3) is 0.364. The van der Waals surface area contributed by atoms with E-state index in [-0.39, 0.29) is 23.9 Å². The van der Waals surface area contributed by atoms with Crippen molar-refractivity contribution in [1.29, 1.82) is 0 Å². The molecule has 1 aromatic heterocycles. The Balaban J connectivity index is 1.47. The molecule has 0 bridgehead atoms. The summed E-state index contributed by atoms with van der Waals surface area (Å²) in [5.41, 5.74) is 2.28. The number of carbonyl (C=O) groups excluding carboxylic acids is 3. The van der Waals surface area contributed by atoms with Crippen LogP contribution in [0.1, 0.15) is 48.5 Å². The van der Waals surface area contributed by atoms with Gasteiger partial charge in [0.25, 0.3) is 11.8 Å². The van der Waals surface area contributed by atoms with Crippen LogP contribution in [0.4, 0.5) is 10.5 Å². The lowest BCUT2D eigenvalue weighted by Gasteiger charge is -2.32. The van der Waals surface area contributed by atoms with Crippen molar-refractivity contribution in [2.75, 3.05) is 11.4 Å². The highest BCUT2D eigenvalue weighted by molar-refractivity contribution is 6.21. The summed E-state index contributed by atoms with van der Waals surface area (Å²) in [5, 5.41) is 2.98. The van der Waals surface area contributed by atoms with Crippen LogP contribution in [0.25, 0.3) is 0 Å². The van der Waals surface area contributed by atoms with E-state index in [1.165, 1.54) is 4.90 Å². The first-order chi connectivity index (χ1) is 14.0. The average Bonchev–Trinajstić information content (AvgIpc) is 2.98. The molecule has 0 aliphatic carbocycles. The molecular formula is C22H24N4O3. The Morgan fingerprint density at radius 1 is 1.10 bits per heavy atom. The van der Waals surface area contributed by atoms with Crippen molar-refractivity contribution in [3.63, 3.8) is 0 Å². The molecule has 4 amide bonds. The fourth-order valence-electron chi connectivity index (χ4n) is 3.95. The standard InChI is InChI=1S/C22H24N4O3/c1-14(2)15-3-5-18(6-4-15)26-21(28)19-13-17(9-12-25(19)22(26)29)24-20(27)16-7-10-23-11-8-16/h3-8,10-11,14,17,19H,9,12-13H2,1-2H3,(H,24,27). The number of benzene rings is 1. The van der Waals surface area contributed by atoms with Gasteiger partial charge in [-0.2, -0.15) is 0 Å². The number of anilines is 1. The Morgan fingerprint density at radius 3 is 2.45 bits per heavy atom. The molecule has 2 aliphatic heterocycles. The summed E-state index contributed by atoms with van der Waals surface area (Å²) in [6.45, 7) is 4.64. The molecule has 2 fully saturated rings. The molecule has 1 N–H and O–H groups in total. The molecule has 2 atom stereocenters. The minimum atomic E-state index is -0.538. The smallest absolute Gasteiger partial charge is 0.332 e. The van der Waals surface area contributed by atoms with E-state index in [4.69, 9.17) is 0 Å². The lowest BCUT2D eigenvalue weighted by Crippen LogP contribution is -2.49. The summed E-state index contributed by atoms with van der Waals surface area (Å²) in [4.78, 5) is 45.1. The summed E-state index contributed by atoms with van der Waals surface area (Å²) >= 11 is 0. The maximum Gasteiger partial charge on any atom is 0.332 e. The summed E-state index contributed by atoms with van der Waals surface area (Å²) in [6, 6.07) is 9.88. The van der Waals surface area contributed by atoms with Crippen LogP contribution < -0.4 is 10.2 Å². The first kappa shape index (κ1) is 19.1. The molecule has 29 heavy (non-hydrogen) atoms. The number of nitrogens with zero attached hydrogens (tertiary/aromatic N) is 3. The predicted octanol–water partition coefficient (Wildman–Crippen LogP) is 2.93. The summed E-state index contributed by atoms with van der Waals surface area (Å²) in [6.07, 6.45) is 4.17. The third kappa shape index (κ3) is 3.60. The molecule has 0 spiro atoms. The van der Waals surface area contributed by atoms with Gasteiger partial charge < -0.3 is 10.2 Å². The van der Waals surface area contributed by atoms with E-state index in [0.29, 0.717) is 36.6 Å². The van der Waals surface area contributed by atoms with Crippen molar-refractivity contribution in [3.8, 4) is 0 Å². The molecule has 4 rings (SSSR count). The molecule has 2 aliphatic rings. The zero-order valence-corrected chi connectivity index (χ0v) is 16.5. The van der Waals surface area contributed by atoms with Gasteiger partial charge in [0, 0.05) is 30.5 Å².